The maximum absolute atomic E-state index is 12.5. The third-order valence-corrected chi connectivity index (χ3v) is 4.69. The molecule has 1 aromatic rings. The maximum Gasteiger partial charge on any atom is 0.242 e. The molecule has 0 aliphatic carbocycles. The number of hydrogen-bond donors (Lipinski definition) is 1. The molecular weight excluding hydrogens is 292 g/mol. The summed E-state index contributed by atoms with van der Waals surface area (Å²) < 4.78 is 5.33. The number of ether oxygens (including phenoxy) is 1. The van der Waals surface area contributed by atoms with E-state index in [4.69, 9.17) is 4.74 Å². The standard InChI is InChI=1S/C18H24N2O3/c1-13-2-4-14(5-3-13)11-20-16(6-7-17(20)21)18(22)19-10-15-8-9-23-12-15/h2-5,15-16H,6-12H2,1H3,(H,19,22)/t15-,16-/m0/s1. The topological polar surface area (TPSA) is 58.6 Å². The van der Waals surface area contributed by atoms with Crippen molar-refractivity contribution in [3.63, 3.8) is 0 Å². The Labute approximate surface area is 137 Å². The molecule has 1 aromatic carbocycles. The van der Waals surface area contributed by atoms with Crippen LogP contribution >= 0.6 is 0 Å². The molecule has 0 saturated carbocycles. The van der Waals surface area contributed by atoms with Gasteiger partial charge in [0, 0.05) is 32.0 Å². The van der Waals surface area contributed by atoms with Crippen molar-refractivity contribution in [1.82, 2.24) is 10.2 Å². The first-order valence-corrected chi connectivity index (χ1v) is 8.34. The number of likely N-dealkylation sites (tertiary alicyclic amines) is 1. The molecule has 0 spiro atoms. The molecule has 2 saturated heterocycles. The SMILES string of the molecule is Cc1ccc(CN2C(=O)CC[C@H]2C(=O)NC[C@@H]2CCOC2)cc1. The molecule has 0 aromatic heterocycles. The summed E-state index contributed by atoms with van der Waals surface area (Å²) in [5, 5.41) is 3.00. The summed E-state index contributed by atoms with van der Waals surface area (Å²) >= 11 is 0. The van der Waals surface area contributed by atoms with E-state index < -0.39 is 0 Å². The molecule has 0 unspecified atom stereocenters. The van der Waals surface area contributed by atoms with Crippen LogP contribution in [0, 0.1) is 12.8 Å². The second-order valence-corrected chi connectivity index (χ2v) is 6.54. The highest BCUT2D eigenvalue weighted by molar-refractivity contribution is 5.90. The van der Waals surface area contributed by atoms with Crippen LogP contribution in [0.3, 0.4) is 0 Å². The fourth-order valence-corrected chi connectivity index (χ4v) is 3.20. The Balaban J connectivity index is 1.59. The van der Waals surface area contributed by atoms with Crippen molar-refractivity contribution >= 4 is 11.8 Å². The number of benzene rings is 1. The average molecular weight is 316 g/mol. The van der Waals surface area contributed by atoms with E-state index in [0.717, 1.165) is 25.2 Å². The minimum Gasteiger partial charge on any atom is -0.381 e. The van der Waals surface area contributed by atoms with Crippen LogP contribution < -0.4 is 5.32 Å². The summed E-state index contributed by atoms with van der Waals surface area (Å²) in [6.07, 6.45) is 2.06. The van der Waals surface area contributed by atoms with Gasteiger partial charge in [0.15, 0.2) is 0 Å². The lowest BCUT2D eigenvalue weighted by molar-refractivity contribution is -0.135. The van der Waals surface area contributed by atoms with Crippen molar-refractivity contribution < 1.29 is 14.3 Å². The molecule has 2 aliphatic rings. The smallest absolute Gasteiger partial charge is 0.242 e. The summed E-state index contributed by atoms with van der Waals surface area (Å²) in [4.78, 5) is 26.3. The number of nitrogens with zero attached hydrogens (tertiary/aromatic N) is 1. The second-order valence-electron chi connectivity index (χ2n) is 6.54. The van der Waals surface area contributed by atoms with Crippen LogP contribution in [0.2, 0.25) is 0 Å². The summed E-state index contributed by atoms with van der Waals surface area (Å²) in [6, 6.07) is 7.76. The molecule has 1 N–H and O–H groups in total. The van der Waals surface area contributed by atoms with E-state index in [2.05, 4.69) is 5.32 Å². The minimum atomic E-state index is -0.342. The summed E-state index contributed by atoms with van der Waals surface area (Å²) in [5.41, 5.74) is 2.25. The Hall–Kier alpha value is -1.88. The molecule has 0 bridgehead atoms. The first kappa shape index (κ1) is 16.0. The van der Waals surface area contributed by atoms with E-state index >= 15 is 0 Å². The van der Waals surface area contributed by atoms with Crippen molar-refractivity contribution in [2.45, 2.75) is 38.8 Å². The van der Waals surface area contributed by atoms with Gasteiger partial charge in [-0.25, -0.2) is 0 Å². The number of amides is 2. The Morgan fingerprint density at radius 1 is 1.30 bits per heavy atom. The Bertz CT molecular complexity index is 564. The van der Waals surface area contributed by atoms with Crippen LogP contribution in [-0.4, -0.2) is 42.5 Å². The van der Waals surface area contributed by atoms with Crippen LogP contribution in [0.15, 0.2) is 24.3 Å². The number of carbonyl (C=O) groups is 2. The quantitative estimate of drug-likeness (QED) is 0.898. The molecule has 0 radical (unpaired) electrons. The first-order valence-electron chi connectivity index (χ1n) is 8.34. The number of rotatable bonds is 5. The van der Waals surface area contributed by atoms with Gasteiger partial charge in [-0.3, -0.25) is 9.59 Å². The van der Waals surface area contributed by atoms with Crippen LogP contribution in [0.1, 0.15) is 30.4 Å². The van der Waals surface area contributed by atoms with Gasteiger partial charge in [-0.1, -0.05) is 29.8 Å². The molecule has 2 heterocycles. The summed E-state index contributed by atoms with van der Waals surface area (Å²) in [6.45, 7) is 4.68. The molecule has 23 heavy (non-hydrogen) atoms. The maximum atomic E-state index is 12.5. The zero-order chi connectivity index (χ0) is 16.2. The lowest BCUT2D eigenvalue weighted by atomic mass is 10.1. The van der Waals surface area contributed by atoms with E-state index in [1.807, 2.05) is 31.2 Å². The molecule has 3 rings (SSSR count). The van der Waals surface area contributed by atoms with Crippen LogP contribution in [0.4, 0.5) is 0 Å². The molecule has 2 aliphatic heterocycles. The van der Waals surface area contributed by atoms with Gasteiger partial charge in [0.2, 0.25) is 11.8 Å². The Morgan fingerprint density at radius 3 is 2.78 bits per heavy atom. The van der Waals surface area contributed by atoms with Crippen LogP contribution in [0.5, 0.6) is 0 Å². The molecule has 124 valence electrons. The normalized spacial score (nSPS) is 24.2. The van der Waals surface area contributed by atoms with E-state index in [-0.39, 0.29) is 17.9 Å². The van der Waals surface area contributed by atoms with Gasteiger partial charge >= 0.3 is 0 Å². The molecule has 2 fully saturated rings. The predicted octanol–water partition coefficient (Wildman–Crippen LogP) is 1.64. The van der Waals surface area contributed by atoms with Gasteiger partial charge in [0.1, 0.15) is 6.04 Å². The summed E-state index contributed by atoms with van der Waals surface area (Å²) in [5.74, 6) is 0.436. The zero-order valence-electron chi connectivity index (χ0n) is 13.6. The number of carbonyl (C=O) groups excluding carboxylic acids is 2. The van der Waals surface area contributed by atoms with Gasteiger partial charge in [-0.05, 0) is 25.3 Å². The van der Waals surface area contributed by atoms with Crippen molar-refractivity contribution in [1.29, 1.82) is 0 Å². The second kappa shape index (κ2) is 7.13. The van der Waals surface area contributed by atoms with E-state index in [0.29, 0.717) is 31.8 Å². The lowest BCUT2D eigenvalue weighted by Gasteiger charge is -2.24. The van der Waals surface area contributed by atoms with Gasteiger partial charge in [-0.15, -0.1) is 0 Å². The zero-order valence-corrected chi connectivity index (χ0v) is 13.6. The molecule has 2 atom stereocenters. The van der Waals surface area contributed by atoms with E-state index in [1.54, 1.807) is 4.90 Å². The highest BCUT2D eigenvalue weighted by atomic mass is 16.5. The van der Waals surface area contributed by atoms with Crippen LogP contribution in [-0.2, 0) is 20.9 Å². The van der Waals surface area contributed by atoms with Gasteiger partial charge < -0.3 is 15.0 Å². The summed E-state index contributed by atoms with van der Waals surface area (Å²) in [7, 11) is 0. The minimum absolute atomic E-state index is 0.0325. The number of hydrogen-bond acceptors (Lipinski definition) is 3. The third kappa shape index (κ3) is 3.91. The highest BCUT2D eigenvalue weighted by Crippen LogP contribution is 2.22. The van der Waals surface area contributed by atoms with Crippen LogP contribution in [0.25, 0.3) is 0 Å². The molecule has 5 nitrogen and oxygen atoms in total. The van der Waals surface area contributed by atoms with Gasteiger partial charge in [0.05, 0.1) is 6.61 Å². The molecule has 2 amide bonds. The van der Waals surface area contributed by atoms with Crippen molar-refractivity contribution in [3.05, 3.63) is 35.4 Å². The fourth-order valence-electron chi connectivity index (χ4n) is 3.20. The fraction of sp³-hybridized carbons (Fsp3) is 0.556. The van der Waals surface area contributed by atoms with E-state index in [9.17, 15) is 9.59 Å². The van der Waals surface area contributed by atoms with Gasteiger partial charge in [0.25, 0.3) is 0 Å². The Morgan fingerprint density at radius 2 is 2.09 bits per heavy atom. The predicted molar refractivity (Wildman–Crippen MR) is 86.7 cm³/mol. The largest absolute Gasteiger partial charge is 0.381 e. The van der Waals surface area contributed by atoms with Crippen molar-refractivity contribution in [2.75, 3.05) is 19.8 Å². The molecule has 5 heteroatoms. The third-order valence-electron chi connectivity index (χ3n) is 4.69. The molecular formula is C18H24N2O3. The first-order chi connectivity index (χ1) is 11.1. The lowest BCUT2D eigenvalue weighted by Crippen LogP contribution is -2.45. The van der Waals surface area contributed by atoms with Crippen molar-refractivity contribution in [3.8, 4) is 0 Å². The monoisotopic (exact) mass is 316 g/mol. The average Bonchev–Trinajstić information content (AvgIpc) is 3.18. The van der Waals surface area contributed by atoms with Crippen molar-refractivity contribution in [2.24, 2.45) is 5.92 Å². The number of nitrogens with one attached hydrogen (secondary N) is 1. The number of aryl methyl sites for hydroxylation is 1. The van der Waals surface area contributed by atoms with E-state index in [1.165, 1.54) is 5.56 Å². The van der Waals surface area contributed by atoms with Gasteiger partial charge in [-0.2, -0.15) is 0 Å². The Kier molecular flexibility index (Phi) is 4.96. The highest BCUT2D eigenvalue weighted by Gasteiger charge is 2.36.